The zero-order valence-corrected chi connectivity index (χ0v) is 18.6. The van der Waals surface area contributed by atoms with Crippen molar-refractivity contribution in [3.05, 3.63) is 70.9 Å². The number of ether oxygens (including phenoxy) is 2. The number of nitrogens with one attached hydrogen (secondary N) is 1. The Hall–Kier alpha value is -3.81. The van der Waals surface area contributed by atoms with Gasteiger partial charge in [-0.2, -0.15) is 0 Å². The number of Topliss-reactive ketones (excluding diaryl/α,β-unsaturated/α-hetero) is 1. The molecule has 0 fully saturated rings. The van der Waals surface area contributed by atoms with E-state index in [4.69, 9.17) is 9.47 Å². The van der Waals surface area contributed by atoms with Crippen molar-refractivity contribution < 1.29 is 23.5 Å². The van der Waals surface area contributed by atoms with Gasteiger partial charge < -0.3 is 14.8 Å². The number of fused-ring (bicyclic) bond motifs is 1. The number of hydrogen-bond acceptors (Lipinski definition) is 6. The molecule has 0 saturated carbocycles. The van der Waals surface area contributed by atoms with Gasteiger partial charge in [-0.05, 0) is 57.2 Å². The molecule has 0 bridgehead atoms. The van der Waals surface area contributed by atoms with Crippen LogP contribution < -0.4 is 14.8 Å². The van der Waals surface area contributed by atoms with Crippen LogP contribution in [0.15, 0.2) is 42.6 Å². The molecular weight excluding hydrogens is 425 g/mol. The van der Waals surface area contributed by atoms with Crippen LogP contribution in [0.3, 0.4) is 0 Å². The first kappa shape index (κ1) is 22.4. The summed E-state index contributed by atoms with van der Waals surface area (Å²) in [6, 6.07) is 9.45. The molecule has 2 aromatic carbocycles. The number of carbonyl (C=O) groups excluding carboxylic acids is 2. The summed E-state index contributed by atoms with van der Waals surface area (Å²) < 4.78 is 25.8. The number of carbonyl (C=O) groups is 2. The van der Waals surface area contributed by atoms with Gasteiger partial charge in [-0.25, -0.2) is 9.37 Å². The van der Waals surface area contributed by atoms with Crippen molar-refractivity contribution in [2.45, 2.75) is 33.3 Å². The maximum Gasteiger partial charge on any atom is 0.258 e. The fourth-order valence-electron chi connectivity index (χ4n) is 3.69. The second-order valence-corrected chi connectivity index (χ2v) is 8.00. The van der Waals surface area contributed by atoms with Gasteiger partial charge in [0.25, 0.3) is 5.91 Å². The van der Waals surface area contributed by atoms with E-state index in [9.17, 15) is 14.0 Å². The summed E-state index contributed by atoms with van der Waals surface area (Å²) in [6.07, 6.45) is 1.79. The fourth-order valence-corrected chi connectivity index (χ4v) is 3.69. The molecule has 0 saturated heterocycles. The first-order valence-corrected chi connectivity index (χ1v) is 10.6. The van der Waals surface area contributed by atoms with Gasteiger partial charge in [0.15, 0.2) is 12.4 Å². The van der Waals surface area contributed by atoms with E-state index in [1.165, 1.54) is 19.1 Å². The molecular formula is C25H24FN3O4. The smallest absolute Gasteiger partial charge is 0.258 e. The monoisotopic (exact) mass is 449 g/mol. The molecule has 1 amide bonds. The van der Waals surface area contributed by atoms with Gasteiger partial charge in [0.05, 0.1) is 23.6 Å². The number of halogens is 1. The van der Waals surface area contributed by atoms with E-state index in [0.29, 0.717) is 40.4 Å². The summed E-state index contributed by atoms with van der Waals surface area (Å²) >= 11 is 0. The maximum atomic E-state index is 14.3. The van der Waals surface area contributed by atoms with Gasteiger partial charge in [-0.3, -0.25) is 14.6 Å². The molecule has 3 aromatic rings. The lowest BCUT2D eigenvalue weighted by Gasteiger charge is -2.14. The third kappa shape index (κ3) is 5.16. The topological polar surface area (TPSA) is 90.4 Å². The maximum absolute atomic E-state index is 14.3. The van der Waals surface area contributed by atoms with Crippen LogP contribution in [0, 0.1) is 19.7 Å². The zero-order chi connectivity index (χ0) is 23.5. The lowest BCUT2D eigenvalue weighted by Crippen LogP contribution is -2.37. The molecule has 1 atom stereocenters. The molecule has 0 spiro atoms. The molecule has 1 N–H and O–H groups in total. The van der Waals surface area contributed by atoms with Gasteiger partial charge in [0.1, 0.15) is 23.4 Å². The Labute approximate surface area is 191 Å². The summed E-state index contributed by atoms with van der Waals surface area (Å²) in [5.74, 6) is 0.348. The van der Waals surface area contributed by atoms with Crippen molar-refractivity contribution in [3.63, 3.8) is 0 Å². The van der Waals surface area contributed by atoms with Crippen molar-refractivity contribution in [2.24, 2.45) is 0 Å². The highest BCUT2D eigenvalue weighted by Gasteiger charge is 2.28. The van der Waals surface area contributed by atoms with Crippen LogP contribution in [-0.4, -0.2) is 40.9 Å². The average molecular weight is 449 g/mol. The zero-order valence-electron chi connectivity index (χ0n) is 18.6. The average Bonchev–Trinajstić information content (AvgIpc) is 3.20. The van der Waals surface area contributed by atoms with Crippen LogP contribution in [0.2, 0.25) is 0 Å². The predicted octanol–water partition coefficient (Wildman–Crippen LogP) is 3.60. The molecule has 1 aliphatic rings. The molecule has 7 nitrogen and oxygen atoms in total. The highest BCUT2D eigenvalue weighted by Crippen LogP contribution is 2.39. The molecule has 33 heavy (non-hydrogen) atoms. The van der Waals surface area contributed by atoms with Crippen molar-refractivity contribution in [2.75, 3.05) is 13.2 Å². The van der Waals surface area contributed by atoms with Crippen LogP contribution >= 0.6 is 0 Å². The number of ketones is 1. The Morgan fingerprint density at radius 3 is 2.70 bits per heavy atom. The summed E-state index contributed by atoms with van der Waals surface area (Å²) in [6.45, 7) is 5.21. The minimum absolute atomic E-state index is 0.0375. The van der Waals surface area contributed by atoms with Crippen LogP contribution in [0.4, 0.5) is 4.39 Å². The van der Waals surface area contributed by atoms with Gasteiger partial charge in [0, 0.05) is 29.3 Å². The van der Waals surface area contributed by atoms with Gasteiger partial charge >= 0.3 is 0 Å². The number of amides is 1. The van der Waals surface area contributed by atoms with Gasteiger partial charge in [0.2, 0.25) is 0 Å². The Morgan fingerprint density at radius 2 is 1.97 bits per heavy atom. The molecule has 2 heterocycles. The van der Waals surface area contributed by atoms with Crippen molar-refractivity contribution in [1.29, 1.82) is 0 Å². The van der Waals surface area contributed by atoms with Gasteiger partial charge in [-0.15, -0.1) is 0 Å². The number of aromatic nitrogens is 2. The third-order valence-electron chi connectivity index (χ3n) is 5.35. The third-order valence-corrected chi connectivity index (χ3v) is 5.35. The van der Waals surface area contributed by atoms with Crippen molar-refractivity contribution in [1.82, 2.24) is 15.3 Å². The molecule has 1 unspecified atom stereocenters. The molecule has 0 aliphatic carbocycles. The van der Waals surface area contributed by atoms with Crippen LogP contribution in [0.25, 0.3) is 11.3 Å². The minimum atomic E-state index is -0.371. The first-order chi connectivity index (χ1) is 15.8. The van der Waals surface area contributed by atoms with Crippen LogP contribution in [0.5, 0.6) is 11.5 Å². The Morgan fingerprint density at radius 1 is 1.21 bits per heavy atom. The first-order valence-electron chi connectivity index (χ1n) is 10.6. The largest absolute Gasteiger partial charge is 0.487 e. The van der Waals surface area contributed by atoms with Crippen LogP contribution in [-0.2, 0) is 11.2 Å². The SMILES string of the molecule is CC(=O)c1ccc(OCC(=O)NCC2Cc3cc(F)cc(-c4nc(C)cnc4C)c3O2)cc1. The quantitative estimate of drug-likeness (QED) is 0.555. The minimum Gasteiger partial charge on any atom is -0.487 e. The van der Waals surface area contributed by atoms with E-state index >= 15 is 0 Å². The highest BCUT2D eigenvalue weighted by molar-refractivity contribution is 5.94. The number of hydrogen-bond donors (Lipinski definition) is 1. The fraction of sp³-hybridized carbons (Fsp3) is 0.280. The predicted molar refractivity (Wildman–Crippen MR) is 120 cm³/mol. The molecule has 4 rings (SSSR count). The Bertz CT molecular complexity index is 1210. The number of benzene rings is 2. The second kappa shape index (κ2) is 9.36. The lowest BCUT2D eigenvalue weighted by molar-refractivity contribution is -0.123. The van der Waals surface area contributed by atoms with Crippen molar-refractivity contribution in [3.8, 4) is 22.8 Å². The molecule has 1 aliphatic heterocycles. The summed E-state index contributed by atoms with van der Waals surface area (Å²) in [4.78, 5) is 32.4. The van der Waals surface area contributed by atoms with Gasteiger partial charge in [-0.1, -0.05) is 0 Å². The highest BCUT2D eigenvalue weighted by atomic mass is 19.1. The standard InChI is InChI=1S/C25H24FN3O4/c1-14-11-27-15(2)24(29-14)22-10-19(26)8-18-9-21(33-25(18)22)12-28-23(31)13-32-20-6-4-17(5-7-20)16(3)30/h4-8,10-11,21H,9,12-13H2,1-3H3,(H,28,31). The second-order valence-electron chi connectivity index (χ2n) is 8.00. The summed E-state index contributed by atoms with van der Waals surface area (Å²) in [5.41, 5.74) is 3.86. The van der Waals surface area contributed by atoms with E-state index in [1.807, 2.05) is 13.8 Å². The van der Waals surface area contributed by atoms with Crippen molar-refractivity contribution >= 4 is 11.7 Å². The lowest BCUT2D eigenvalue weighted by atomic mass is 10.0. The summed E-state index contributed by atoms with van der Waals surface area (Å²) in [7, 11) is 0. The van der Waals surface area contributed by atoms with Crippen LogP contribution in [0.1, 0.15) is 34.2 Å². The molecule has 1 aromatic heterocycles. The molecule has 8 heteroatoms. The Kier molecular flexibility index (Phi) is 6.35. The Balaban J connectivity index is 1.37. The number of rotatable bonds is 7. The van der Waals surface area contributed by atoms with E-state index in [2.05, 4.69) is 15.3 Å². The molecule has 170 valence electrons. The van der Waals surface area contributed by atoms with E-state index in [0.717, 1.165) is 11.3 Å². The normalized spacial score (nSPS) is 14.4. The summed E-state index contributed by atoms with van der Waals surface area (Å²) in [5, 5.41) is 2.79. The van der Waals surface area contributed by atoms with E-state index in [-0.39, 0.29) is 36.8 Å². The van der Waals surface area contributed by atoms with E-state index < -0.39 is 0 Å². The van der Waals surface area contributed by atoms with E-state index in [1.54, 1.807) is 30.5 Å². The number of nitrogens with zero attached hydrogens (tertiary/aromatic N) is 2. The number of aryl methyl sites for hydroxylation is 2. The molecule has 0 radical (unpaired) electrons.